The van der Waals surface area contributed by atoms with Gasteiger partial charge in [-0.05, 0) is 23.3 Å². The van der Waals surface area contributed by atoms with Crippen molar-refractivity contribution in [3.8, 4) is 11.5 Å². The zero-order chi connectivity index (χ0) is 16.9. The lowest BCUT2D eigenvalue weighted by Crippen LogP contribution is -2.35. The molecule has 0 atom stereocenters. The molecule has 0 saturated heterocycles. The van der Waals surface area contributed by atoms with Crippen LogP contribution in [0, 0.1) is 0 Å². The third-order valence-electron chi connectivity index (χ3n) is 4.26. The molecule has 3 nitrogen and oxygen atoms in total. The van der Waals surface area contributed by atoms with Gasteiger partial charge in [-0.15, -0.1) is 0 Å². The summed E-state index contributed by atoms with van der Waals surface area (Å²) in [6.07, 6.45) is 6.13. The van der Waals surface area contributed by atoms with E-state index in [0.29, 0.717) is 0 Å². The Hall–Kier alpha value is -3.20. The van der Waals surface area contributed by atoms with E-state index in [2.05, 4.69) is 93.2 Å². The molecule has 4 aromatic rings. The number of nitrogens with zero attached hydrogens (tertiary/aromatic N) is 3. The van der Waals surface area contributed by atoms with Crippen LogP contribution in [0.3, 0.4) is 0 Å². The van der Waals surface area contributed by atoms with Crippen molar-refractivity contribution in [1.82, 2.24) is 9.55 Å². The Kier molecular flexibility index (Phi) is 4.38. The maximum atomic E-state index is 4.58. The van der Waals surface area contributed by atoms with Gasteiger partial charge in [-0.3, -0.25) is 0 Å². The van der Waals surface area contributed by atoms with Crippen molar-refractivity contribution in [3.63, 3.8) is 0 Å². The van der Waals surface area contributed by atoms with E-state index in [1.54, 1.807) is 0 Å². The maximum Gasteiger partial charge on any atom is 0.308 e. The number of hydrogen-bond acceptors (Lipinski definition) is 1. The third-order valence-corrected chi connectivity index (χ3v) is 4.26. The van der Waals surface area contributed by atoms with E-state index in [9.17, 15) is 0 Å². The Morgan fingerprint density at radius 3 is 2.12 bits per heavy atom. The molecule has 4 rings (SSSR count). The summed E-state index contributed by atoms with van der Waals surface area (Å²) in [7, 11) is 0. The molecule has 0 aliphatic carbocycles. The lowest BCUT2D eigenvalue weighted by molar-refractivity contribution is -0.676. The first kappa shape index (κ1) is 15.3. The van der Waals surface area contributed by atoms with Crippen LogP contribution in [-0.2, 0) is 13.1 Å². The van der Waals surface area contributed by atoms with Crippen LogP contribution < -0.4 is 4.57 Å². The molecular weight excluding hydrogens is 306 g/mol. The maximum absolute atomic E-state index is 4.58. The Bertz CT molecular complexity index is 870. The Morgan fingerprint density at radius 2 is 1.44 bits per heavy atom. The molecule has 2 aromatic heterocycles. The fraction of sp³-hybridized carbons (Fsp3) is 0.0909. The molecule has 122 valence electrons. The summed E-state index contributed by atoms with van der Waals surface area (Å²) in [6, 6.07) is 27.1. The number of pyridine rings is 1. The predicted octanol–water partition coefficient (Wildman–Crippen LogP) is 3.93. The van der Waals surface area contributed by atoms with Crippen LogP contribution in [0.15, 0.2) is 97.5 Å². The lowest BCUT2D eigenvalue weighted by atomic mass is 10.2. The van der Waals surface area contributed by atoms with Crippen LogP contribution in [0.2, 0.25) is 0 Å². The van der Waals surface area contributed by atoms with Crippen LogP contribution in [0.1, 0.15) is 11.1 Å². The topological polar surface area (TPSA) is 21.7 Å². The number of imidazole rings is 1. The summed E-state index contributed by atoms with van der Waals surface area (Å²) in [5.74, 6) is 1.12. The minimum absolute atomic E-state index is 0.828. The second-order valence-corrected chi connectivity index (χ2v) is 6.06. The van der Waals surface area contributed by atoms with E-state index in [1.807, 2.05) is 18.3 Å². The highest BCUT2D eigenvalue weighted by Crippen LogP contribution is 2.15. The van der Waals surface area contributed by atoms with Crippen molar-refractivity contribution < 1.29 is 4.57 Å². The number of hydrogen-bond donors (Lipinski definition) is 0. The standard InChI is InChI=1S/C22H20N3/c1-3-9-19(10-4-1)17-24-15-16-25(18-20-11-5-2-6-12-20)22(24)21-13-7-8-14-23-21/h1-16H,17-18H2/q+1. The van der Waals surface area contributed by atoms with Gasteiger partial charge in [0.05, 0.1) is 0 Å². The zero-order valence-corrected chi connectivity index (χ0v) is 14.0. The SMILES string of the molecule is c1ccc(Cn2cc[n+](Cc3ccccc3)c2-c2ccccn2)cc1. The molecule has 0 aliphatic rings. The van der Waals surface area contributed by atoms with Crippen molar-refractivity contribution in [2.75, 3.05) is 0 Å². The molecular formula is C22H20N3+. The van der Waals surface area contributed by atoms with Gasteiger partial charge in [0, 0.05) is 6.20 Å². The molecule has 0 amide bonds. The van der Waals surface area contributed by atoms with Crippen molar-refractivity contribution >= 4 is 0 Å². The first-order chi connectivity index (χ1) is 12.4. The average molecular weight is 326 g/mol. The monoisotopic (exact) mass is 326 g/mol. The van der Waals surface area contributed by atoms with Crippen molar-refractivity contribution in [3.05, 3.63) is 109 Å². The van der Waals surface area contributed by atoms with Gasteiger partial charge < -0.3 is 0 Å². The van der Waals surface area contributed by atoms with Gasteiger partial charge in [0.1, 0.15) is 25.5 Å². The van der Waals surface area contributed by atoms with Crippen LogP contribution in [0.5, 0.6) is 0 Å². The Morgan fingerprint density at radius 1 is 0.760 bits per heavy atom. The molecule has 0 bridgehead atoms. The smallest absolute Gasteiger partial charge is 0.248 e. The van der Waals surface area contributed by atoms with Gasteiger partial charge in [-0.1, -0.05) is 66.7 Å². The lowest BCUT2D eigenvalue weighted by Gasteiger charge is -2.05. The highest BCUT2D eigenvalue weighted by molar-refractivity contribution is 5.46. The normalized spacial score (nSPS) is 10.7. The van der Waals surface area contributed by atoms with Crippen LogP contribution in [0.25, 0.3) is 11.5 Å². The van der Waals surface area contributed by atoms with E-state index < -0.39 is 0 Å². The molecule has 0 N–H and O–H groups in total. The van der Waals surface area contributed by atoms with Crippen molar-refractivity contribution in [2.24, 2.45) is 0 Å². The van der Waals surface area contributed by atoms with E-state index in [0.717, 1.165) is 24.6 Å². The molecule has 2 heterocycles. The van der Waals surface area contributed by atoms with Crippen LogP contribution >= 0.6 is 0 Å². The number of rotatable bonds is 5. The molecule has 0 spiro atoms. The van der Waals surface area contributed by atoms with E-state index in [4.69, 9.17) is 0 Å². The third kappa shape index (κ3) is 3.50. The van der Waals surface area contributed by atoms with Gasteiger partial charge >= 0.3 is 5.82 Å². The average Bonchev–Trinajstić information content (AvgIpc) is 3.06. The molecule has 0 unspecified atom stereocenters. The van der Waals surface area contributed by atoms with Crippen molar-refractivity contribution in [1.29, 1.82) is 0 Å². The predicted molar refractivity (Wildman–Crippen MR) is 98.9 cm³/mol. The highest BCUT2D eigenvalue weighted by Gasteiger charge is 2.20. The zero-order valence-electron chi connectivity index (χ0n) is 14.0. The van der Waals surface area contributed by atoms with Gasteiger partial charge in [0.2, 0.25) is 0 Å². The Labute approximate surface area is 147 Å². The van der Waals surface area contributed by atoms with Gasteiger partial charge in [-0.2, -0.15) is 0 Å². The molecule has 0 fully saturated rings. The van der Waals surface area contributed by atoms with Gasteiger partial charge in [-0.25, -0.2) is 14.1 Å². The van der Waals surface area contributed by atoms with E-state index in [1.165, 1.54) is 11.1 Å². The van der Waals surface area contributed by atoms with E-state index in [-0.39, 0.29) is 0 Å². The van der Waals surface area contributed by atoms with E-state index >= 15 is 0 Å². The molecule has 3 heteroatoms. The first-order valence-electron chi connectivity index (χ1n) is 8.48. The number of aromatic nitrogens is 3. The summed E-state index contributed by atoms with van der Waals surface area (Å²) >= 11 is 0. The highest BCUT2D eigenvalue weighted by atomic mass is 15.2. The summed E-state index contributed by atoms with van der Waals surface area (Å²) in [4.78, 5) is 4.58. The second kappa shape index (κ2) is 7.14. The fourth-order valence-corrected chi connectivity index (χ4v) is 3.07. The summed E-state index contributed by atoms with van der Waals surface area (Å²) in [5.41, 5.74) is 3.55. The minimum atomic E-state index is 0.828. The molecule has 25 heavy (non-hydrogen) atoms. The first-order valence-corrected chi connectivity index (χ1v) is 8.48. The quantitative estimate of drug-likeness (QED) is 0.509. The molecule has 0 saturated carbocycles. The molecule has 2 aromatic carbocycles. The fourth-order valence-electron chi connectivity index (χ4n) is 3.07. The summed E-state index contributed by atoms with van der Waals surface area (Å²) in [6.45, 7) is 1.66. The van der Waals surface area contributed by atoms with Crippen molar-refractivity contribution in [2.45, 2.75) is 13.1 Å². The number of benzene rings is 2. The second-order valence-electron chi connectivity index (χ2n) is 6.06. The van der Waals surface area contributed by atoms with Crippen LogP contribution in [-0.4, -0.2) is 9.55 Å². The Balaban J connectivity index is 1.74. The molecule has 0 radical (unpaired) electrons. The minimum Gasteiger partial charge on any atom is -0.248 e. The largest absolute Gasteiger partial charge is 0.308 e. The summed E-state index contributed by atoms with van der Waals surface area (Å²) < 4.78 is 4.53. The van der Waals surface area contributed by atoms with Gasteiger partial charge in [0.25, 0.3) is 0 Å². The van der Waals surface area contributed by atoms with Crippen LogP contribution in [0.4, 0.5) is 0 Å². The summed E-state index contributed by atoms with van der Waals surface area (Å²) in [5, 5.41) is 0. The van der Waals surface area contributed by atoms with Gasteiger partial charge in [0.15, 0.2) is 5.69 Å². The molecule has 0 aliphatic heterocycles.